The van der Waals surface area contributed by atoms with Crippen molar-refractivity contribution >= 4 is 0 Å². The Morgan fingerprint density at radius 2 is 1.69 bits per heavy atom. The first-order valence-corrected chi connectivity index (χ1v) is 3.91. The lowest BCUT2D eigenvalue weighted by Gasteiger charge is -2.01. The van der Waals surface area contributed by atoms with Crippen molar-refractivity contribution in [3.05, 3.63) is 36.7 Å². The quantitative estimate of drug-likeness (QED) is 0.690. The first-order chi connectivity index (χ1) is 6.40. The molecule has 0 saturated carbocycles. The molecule has 0 fully saturated rings. The van der Waals surface area contributed by atoms with E-state index in [1.54, 1.807) is 24.3 Å². The molecule has 0 N–H and O–H groups in total. The van der Waals surface area contributed by atoms with Gasteiger partial charge in [-0.15, -0.1) is 0 Å². The van der Waals surface area contributed by atoms with Crippen LogP contribution in [0.5, 0.6) is 5.75 Å². The van der Waals surface area contributed by atoms with E-state index in [4.69, 9.17) is 4.74 Å². The van der Waals surface area contributed by atoms with Crippen LogP contribution in [0, 0.1) is 0 Å². The molecule has 0 radical (unpaired) electrons. The number of hydrogen-bond acceptors (Lipinski definition) is 3. The second-order valence-electron chi connectivity index (χ2n) is 2.52. The van der Waals surface area contributed by atoms with Gasteiger partial charge in [0.25, 0.3) is 0 Å². The standard InChI is InChI=1S/C9H9N3O/c1-13-9-4-2-8(3-5-9)12-10-6-7-11-12/h2-7H,1H3. The number of benzene rings is 1. The summed E-state index contributed by atoms with van der Waals surface area (Å²) in [6.07, 6.45) is 3.29. The van der Waals surface area contributed by atoms with E-state index in [0.29, 0.717) is 0 Å². The highest BCUT2D eigenvalue weighted by molar-refractivity contribution is 5.35. The second kappa shape index (κ2) is 3.26. The number of rotatable bonds is 2. The van der Waals surface area contributed by atoms with Crippen molar-refractivity contribution in [2.75, 3.05) is 7.11 Å². The summed E-state index contributed by atoms with van der Waals surface area (Å²) < 4.78 is 5.04. The SMILES string of the molecule is COc1ccc(-n2nccn2)cc1. The highest BCUT2D eigenvalue weighted by Crippen LogP contribution is 2.12. The Bertz CT molecular complexity index is 366. The Labute approximate surface area is 75.8 Å². The topological polar surface area (TPSA) is 39.9 Å². The minimum absolute atomic E-state index is 0.830. The number of hydrogen-bond donors (Lipinski definition) is 0. The molecule has 0 aliphatic rings. The van der Waals surface area contributed by atoms with Gasteiger partial charge in [-0.25, -0.2) is 0 Å². The van der Waals surface area contributed by atoms with E-state index in [-0.39, 0.29) is 0 Å². The van der Waals surface area contributed by atoms with Crippen molar-refractivity contribution in [3.63, 3.8) is 0 Å². The molecule has 0 saturated heterocycles. The lowest BCUT2D eigenvalue weighted by molar-refractivity contribution is 0.414. The second-order valence-corrected chi connectivity index (χ2v) is 2.52. The molecule has 0 spiro atoms. The lowest BCUT2D eigenvalue weighted by Crippen LogP contribution is -1.97. The molecule has 66 valence electrons. The van der Waals surface area contributed by atoms with Gasteiger partial charge in [0.2, 0.25) is 0 Å². The van der Waals surface area contributed by atoms with Crippen LogP contribution in [0.4, 0.5) is 0 Å². The van der Waals surface area contributed by atoms with Gasteiger partial charge < -0.3 is 4.74 Å². The summed E-state index contributed by atoms with van der Waals surface area (Å²) in [5.74, 6) is 0.830. The van der Waals surface area contributed by atoms with E-state index >= 15 is 0 Å². The molecule has 1 heterocycles. The molecular weight excluding hydrogens is 166 g/mol. The van der Waals surface area contributed by atoms with E-state index < -0.39 is 0 Å². The molecule has 0 unspecified atom stereocenters. The smallest absolute Gasteiger partial charge is 0.119 e. The Kier molecular flexibility index (Phi) is 1.96. The van der Waals surface area contributed by atoms with Gasteiger partial charge in [-0.2, -0.15) is 15.0 Å². The van der Waals surface area contributed by atoms with Crippen molar-refractivity contribution in [1.29, 1.82) is 0 Å². The van der Waals surface area contributed by atoms with Gasteiger partial charge in [0.15, 0.2) is 0 Å². The van der Waals surface area contributed by atoms with E-state index in [2.05, 4.69) is 10.2 Å². The van der Waals surface area contributed by atoms with Crippen molar-refractivity contribution in [2.24, 2.45) is 0 Å². The summed E-state index contributed by atoms with van der Waals surface area (Å²) in [5, 5.41) is 8.01. The molecule has 1 aromatic heterocycles. The van der Waals surface area contributed by atoms with Gasteiger partial charge in [-0.05, 0) is 24.3 Å². The Hall–Kier alpha value is -1.84. The van der Waals surface area contributed by atoms with Gasteiger partial charge in [-0.3, -0.25) is 0 Å². The number of methoxy groups -OCH3 is 1. The molecule has 0 atom stereocenters. The normalized spacial score (nSPS) is 9.92. The van der Waals surface area contributed by atoms with Crippen LogP contribution in [0.2, 0.25) is 0 Å². The third kappa shape index (κ3) is 1.51. The summed E-state index contributed by atoms with van der Waals surface area (Å²) in [4.78, 5) is 1.56. The molecule has 4 heteroatoms. The van der Waals surface area contributed by atoms with Crippen LogP contribution in [0.15, 0.2) is 36.7 Å². The van der Waals surface area contributed by atoms with Crippen molar-refractivity contribution in [2.45, 2.75) is 0 Å². The summed E-state index contributed by atoms with van der Waals surface area (Å²) in [7, 11) is 1.64. The molecule has 1 aromatic carbocycles. The Balaban J connectivity index is 2.33. The van der Waals surface area contributed by atoms with Crippen LogP contribution in [0.25, 0.3) is 5.69 Å². The van der Waals surface area contributed by atoms with Crippen LogP contribution in [0.1, 0.15) is 0 Å². The maximum Gasteiger partial charge on any atom is 0.119 e. The van der Waals surface area contributed by atoms with Gasteiger partial charge in [0, 0.05) is 0 Å². The van der Waals surface area contributed by atoms with Crippen LogP contribution < -0.4 is 4.74 Å². The summed E-state index contributed by atoms with van der Waals surface area (Å²) in [6, 6.07) is 7.55. The van der Waals surface area contributed by atoms with E-state index in [1.165, 1.54) is 0 Å². The third-order valence-corrected chi connectivity index (χ3v) is 1.72. The minimum atomic E-state index is 0.830. The highest BCUT2D eigenvalue weighted by Gasteiger charge is 1.96. The number of nitrogens with zero attached hydrogens (tertiary/aromatic N) is 3. The van der Waals surface area contributed by atoms with Gasteiger partial charge in [0.05, 0.1) is 25.2 Å². The molecule has 4 nitrogen and oxygen atoms in total. The maximum atomic E-state index is 5.04. The van der Waals surface area contributed by atoms with E-state index in [0.717, 1.165) is 11.4 Å². The third-order valence-electron chi connectivity index (χ3n) is 1.72. The molecule has 0 amide bonds. The zero-order valence-corrected chi connectivity index (χ0v) is 7.21. The molecular formula is C9H9N3O. The molecule has 0 bridgehead atoms. The molecule has 2 aromatic rings. The largest absolute Gasteiger partial charge is 0.497 e. The predicted molar refractivity (Wildman–Crippen MR) is 47.9 cm³/mol. The fourth-order valence-corrected chi connectivity index (χ4v) is 1.06. The van der Waals surface area contributed by atoms with Gasteiger partial charge in [0.1, 0.15) is 5.75 Å². The highest BCUT2D eigenvalue weighted by atomic mass is 16.5. The first kappa shape index (κ1) is 7.79. The van der Waals surface area contributed by atoms with Crippen molar-refractivity contribution < 1.29 is 4.74 Å². The monoisotopic (exact) mass is 175 g/mol. The van der Waals surface area contributed by atoms with Gasteiger partial charge >= 0.3 is 0 Å². The van der Waals surface area contributed by atoms with Crippen molar-refractivity contribution in [3.8, 4) is 11.4 Å². The Morgan fingerprint density at radius 3 is 2.23 bits per heavy atom. The summed E-state index contributed by atoms with van der Waals surface area (Å²) in [5.41, 5.74) is 0.922. The Morgan fingerprint density at radius 1 is 1.08 bits per heavy atom. The zero-order valence-electron chi connectivity index (χ0n) is 7.21. The average Bonchev–Trinajstić information content (AvgIpc) is 2.71. The lowest BCUT2D eigenvalue weighted by atomic mass is 10.3. The fraction of sp³-hybridized carbons (Fsp3) is 0.111. The number of ether oxygens (including phenoxy) is 1. The molecule has 13 heavy (non-hydrogen) atoms. The molecule has 0 aliphatic heterocycles. The summed E-state index contributed by atoms with van der Waals surface area (Å²) >= 11 is 0. The van der Waals surface area contributed by atoms with Crippen LogP contribution in [-0.2, 0) is 0 Å². The van der Waals surface area contributed by atoms with E-state index in [1.807, 2.05) is 24.3 Å². The van der Waals surface area contributed by atoms with Crippen LogP contribution >= 0.6 is 0 Å². The first-order valence-electron chi connectivity index (χ1n) is 3.91. The predicted octanol–water partition coefficient (Wildman–Crippen LogP) is 1.28. The molecule has 2 rings (SSSR count). The van der Waals surface area contributed by atoms with Gasteiger partial charge in [-0.1, -0.05) is 0 Å². The zero-order chi connectivity index (χ0) is 9.10. The van der Waals surface area contributed by atoms with E-state index in [9.17, 15) is 0 Å². The van der Waals surface area contributed by atoms with Crippen LogP contribution in [0.3, 0.4) is 0 Å². The maximum absolute atomic E-state index is 5.04. The summed E-state index contributed by atoms with van der Waals surface area (Å²) in [6.45, 7) is 0. The fourth-order valence-electron chi connectivity index (χ4n) is 1.06. The van der Waals surface area contributed by atoms with Crippen LogP contribution in [-0.4, -0.2) is 22.1 Å². The average molecular weight is 175 g/mol. The minimum Gasteiger partial charge on any atom is -0.497 e. The molecule has 0 aliphatic carbocycles. The number of aromatic nitrogens is 3. The van der Waals surface area contributed by atoms with Crippen molar-refractivity contribution in [1.82, 2.24) is 15.0 Å².